The van der Waals surface area contributed by atoms with Crippen LogP contribution in [0, 0.1) is 11.8 Å². The molecule has 4 rings (SSSR count). The highest BCUT2D eigenvalue weighted by Crippen LogP contribution is 2.59. The van der Waals surface area contributed by atoms with Gasteiger partial charge in [-0.2, -0.15) is 11.8 Å². The molecule has 0 bridgehead atoms. The number of aliphatic hydroxyl groups is 1. The number of thioether (sulfide) groups is 1. The van der Waals surface area contributed by atoms with Gasteiger partial charge < -0.3 is 10.4 Å². The lowest BCUT2D eigenvalue weighted by atomic mass is 9.92. The number of aryl methyl sites for hydroxylation is 1. The Morgan fingerprint density at radius 1 is 1.32 bits per heavy atom. The molecule has 3 aliphatic rings. The second-order valence-corrected chi connectivity index (χ2v) is 8.17. The van der Waals surface area contributed by atoms with Crippen LogP contribution in [0.3, 0.4) is 0 Å². The third kappa shape index (κ3) is 2.46. The number of benzene rings is 1. The van der Waals surface area contributed by atoms with Gasteiger partial charge in [0.15, 0.2) is 0 Å². The molecule has 1 aromatic carbocycles. The molecule has 0 unspecified atom stereocenters. The molecule has 1 saturated carbocycles. The zero-order chi connectivity index (χ0) is 15.2. The first-order valence-electron chi connectivity index (χ1n) is 8.35. The summed E-state index contributed by atoms with van der Waals surface area (Å²) in [7, 11) is 0. The van der Waals surface area contributed by atoms with Crippen LogP contribution in [0.15, 0.2) is 24.3 Å². The summed E-state index contributed by atoms with van der Waals surface area (Å²) in [6, 6.07) is 8.73. The number of nitrogens with one attached hydrogen (secondary N) is 1. The van der Waals surface area contributed by atoms with E-state index in [0.717, 1.165) is 24.0 Å². The van der Waals surface area contributed by atoms with E-state index >= 15 is 0 Å². The van der Waals surface area contributed by atoms with Gasteiger partial charge in [0.2, 0.25) is 0 Å². The van der Waals surface area contributed by atoms with Gasteiger partial charge in [0, 0.05) is 6.54 Å². The Bertz CT molecular complexity index is 582. The molecule has 1 amide bonds. The van der Waals surface area contributed by atoms with Crippen LogP contribution < -0.4 is 5.32 Å². The van der Waals surface area contributed by atoms with E-state index in [1.54, 1.807) is 0 Å². The van der Waals surface area contributed by atoms with Crippen LogP contribution in [0.2, 0.25) is 0 Å². The molecule has 2 N–H and O–H groups in total. The number of carbonyl (C=O) groups excluding carboxylic acids is 1. The predicted octanol–water partition coefficient (Wildman–Crippen LogP) is 2.34. The van der Waals surface area contributed by atoms with E-state index in [-0.39, 0.29) is 5.91 Å². The van der Waals surface area contributed by atoms with Gasteiger partial charge >= 0.3 is 0 Å². The van der Waals surface area contributed by atoms with E-state index in [1.807, 2.05) is 11.8 Å². The van der Waals surface area contributed by atoms with Crippen molar-refractivity contribution >= 4 is 17.7 Å². The van der Waals surface area contributed by atoms with Crippen LogP contribution in [-0.4, -0.2) is 34.7 Å². The Kier molecular flexibility index (Phi) is 3.69. The highest BCUT2D eigenvalue weighted by molar-refractivity contribution is 7.99. The molecule has 0 radical (unpaired) electrons. The fourth-order valence-electron chi connectivity index (χ4n) is 4.30. The second-order valence-electron chi connectivity index (χ2n) is 6.94. The van der Waals surface area contributed by atoms with Crippen LogP contribution in [0.25, 0.3) is 0 Å². The number of hydrogen-bond acceptors (Lipinski definition) is 3. The zero-order valence-corrected chi connectivity index (χ0v) is 13.6. The maximum absolute atomic E-state index is 12.3. The smallest absolute Gasteiger partial charge is 0.252 e. The fraction of sp³-hybridized carbons (Fsp3) is 0.611. The van der Waals surface area contributed by atoms with Crippen molar-refractivity contribution in [2.24, 2.45) is 11.8 Å². The summed E-state index contributed by atoms with van der Waals surface area (Å²) in [5.74, 6) is 3.53. The van der Waals surface area contributed by atoms with Crippen molar-refractivity contribution in [2.75, 3.05) is 18.1 Å². The normalized spacial score (nSPS) is 31.8. The van der Waals surface area contributed by atoms with Crippen molar-refractivity contribution < 1.29 is 9.90 Å². The lowest BCUT2D eigenvalue weighted by molar-refractivity contribution is -0.140. The van der Waals surface area contributed by atoms with Gasteiger partial charge in [0.1, 0.15) is 5.60 Å². The Balaban J connectivity index is 1.37. The number of hydrogen-bond donors (Lipinski definition) is 2. The van der Waals surface area contributed by atoms with Crippen molar-refractivity contribution in [3.05, 3.63) is 35.4 Å². The molecule has 118 valence electrons. The lowest BCUT2D eigenvalue weighted by Crippen LogP contribution is -2.49. The van der Waals surface area contributed by atoms with Gasteiger partial charge in [-0.15, -0.1) is 0 Å². The van der Waals surface area contributed by atoms with Gasteiger partial charge in [-0.1, -0.05) is 24.3 Å². The first-order chi connectivity index (χ1) is 10.7. The lowest BCUT2D eigenvalue weighted by Gasteiger charge is -2.30. The highest BCUT2D eigenvalue weighted by atomic mass is 32.2. The topological polar surface area (TPSA) is 49.3 Å². The van der Waals surface area contributed by atoms with Gasteiger partial charge in [-0.3, -0.25) is 4.79 Å². The molecule has 3 atom stereocenters. The molecular formula is C18H23NO2S. The third-order valence-electron chi connectivity index (χ3n) is 5.73. The number of rotatable bonds is 3. The highest BCUT2D eigenvalue weighted by Gasteiger charge is 2.53. The molecule has 2 fully saturated rings. The number of amides is 1. The van der Waals surface area contributed by atoms with Crippen molar-refractivity contribution in [3.8, 4) is 0 Å². The van der Waals surface area contributed by atoms with Gasteiger partial charge in [-0.05, 0) is 66.1 Å². The van der Waals surface area contributed by atoms with Crippen molar-refractivity contribution in [3.63, 3.8) is 0 Å². The molecule has 22 heavy (non-hydrogen) atoms. The number of fused-ring (bicyclic) bond motifs is 3. The van der Waals surface area contributed by atoms with Crippen LogP contribution >= 0.6 is 11.8 Å². The second kappa shape index (κ2) is 5.57. The van der Waals surface area contributed by atoms with Gasteiger partial charge in [0.05, 0.1) is 0 Å². The van der Waals surface area contributed by atoms with Crippen LogP contribution in [0.5, 0.6) is 0 Å². The zero-order valence-electron chi connectivity index (χ0n) is 12.8. The molecule has 1 aromatic rings. The molecule has 4 heteroatoms. The molecule has 0 spiro atoms. The SMILES string of the molecule is O=C(NC[C@@H]1[C@@H]2CCc3ccccc3[C@@H]12)C1(O)CCSCC1. The van der Waals surface area contributed by atoms with Crippen molar-refractivity contribution in [2.45, 2.75) is 37.2 Å². The Labute approximate surface area is 135 Å². The quantitative estimate of drug-likeness (QED) is 0.899. The summed E-state index contributed by atoms with van der Waals surface area (Å²) in [4.78, 5) is 12.3. The minimum Gasteiger partial charge on any atom is -0.380 e. The summed E-state index contributed by atoms with van der Waals surface area (Å²) in [6.07, 6.45) is 3.58. The van der Waals surface area contributed by atoms with Gasteiger partial charge in [0.25, 0.3) is 5.91 Å². The van der Waals surface area contributed by atoms with Crippen LogP contribution in [-0.2, 0) is 11.2 Å². The van der Waals surface area contributed by atoms with Crippen molar-refractivity contribution in [1.82, 2.24) is 5.32 Å². The molecule has 1 heterocycles. The van der Waals surface area contributed by atoms with Crippen LogP contribution in [0.4, 0.5) is 0 Å². The standard InChI is InChI=1S/C18H23NO2S/c20-17(18(21)7-9-22-10-8-18)19-11-15-14-6-5-12-3-1-2-4-13(12)16(14)15/h1-4,14-16,21H,5-11H2,(H,19,20)/t14-,15+,16+/m0/s1. The summed E-state index contributed by atoms with van der Waals surface area (Å²) in [6.45, 7) is 0.720. The number of carbonyl (C=O) groups is 1. The van der Waals surface area contributed by atoms with Crippen LogP contribution in [0.1, 0.15) is 36.3 Å². The molecule has 1 saturated heterocycles. The Morgan fingerprint density at radius 3 is 2.91 bits per heavy atom. The van der Waals surface area contributed by atoms with E-state index in [2.05, 4.69) is 29.6 Å². The summed E-state index contributed by atoms with van der Waals surface area (Å²) >= 11 is 1.82. The summed E-state index contributed by atoms with van der Waals surface area (Å²) in [5, 5.41) is 13.5. The monoisotopic (exact) mass is 317 g/mol. The van der Waals surface area contributed by atoms with E-state index in [1.165, 1.54) is 24.0 Å². The predicted molar refractivity (Wildman–Crippen MR) is 89.0 cm³/mol. The first-order valence-corrected chi connectivity index (χ1v) is 9.51. The maximum atomic E-state index is 12.3. The average molecular weight is 317 g/mol. The van der Waals surface area contributed by atoms with E-state index < -0.39 is 5.60 Å². The molecule has 2 aliphatic carbocycles. The fourth-order valence-corrected chi connectivity index (χ4v) is 5.47. The minimum atomic E-state index is -1.12. The molecular weight excluding hydrogens is 294 g/mol. The minimum absolute atomic E-state index is 0.148. The molecule has 3 nitrogen and oxygen atoms in total. The average Bonchev–Trinajstić information content (AvgIpc) is 3.27. The largest absolute Gasteiger partial charge is 0.380 e. The Hall–Kier alpha value is -1.00. The van der Waals surface area contributed by atoms with E-state index in [4.69, 9.17) is 0 Å². The third-order valence-corrected chi connectivity index (χ3v) is 6.72. The maximum Gasteiger partial charge on any atom is 0.252 e. The first kappa shape index (κ1) is 14.6. The molecule has 0 aromatic heterocycles. The molecule has 1 aliphatic heterocycles. The van der Waals surface area contributed by atoms with E-state index in [0.29, 0.717) is 24.7 Å². The van der Waals surface area contributed by atoms with E-state index in [9.17, 15) is 9.90 Å². The summed E-state index contributed by atoms with van der Waals surface area (Å²) < 4.78 is 0. The summed E-state index contributed by atoms with van der Waals surface area (Å²) in [5.41, 5.74) is 1.86. The van der Waals surface area contributed by atoms with Gasteiger partial charge in [-0.25, -0.2) is 0 Å². The Morgan fingerprint density at radius 2 is 2.09 bits per heavy atom. The van der Waals surface area contributed by atoms with Crippen molar-refractivity contribution in [1.29, 1.82) is 0 Å².